The molecule has 1 rings (SSSR count). The fourth-order valence-corrected chi connectivity index (χ4v) is 1.64. The summed E-state index contributed by atoms with van der Waals surface area (Å²) >= 11 is 1.96. The van der Waals surface area contributed by atoms with Gasteiger partial charge in [0.1, 0.15) is 19.5 Å². The number of nitrogens with zero attached hydrogens (tertiary/aromatic N) is 3. The molecule has 1 aromatic carbocycles. The Balaban J connectivity index is 2.65. The number of hydroxylamine groups is 1. The van der Waals surface area contributed by atoms with Gasteiger partial charge in [-0.2, -0.15) is 0 Å². The third-order valence-electron chi connectivity index (χ3n) is 2.78. The van der Waals surface area contributed by atoms with Gasteiger partial charge in [-0.25, -0.2) is 0 Å². The number of rotatable bonds is 7. The lowest BCUT2D eigenvalue weighted by atomic mass is 10.2. The van der Waals surface area contributed by atoms with Crippen LogP contribution in [0.1, 0.15) is 19.4 Å². The molecule has 7 heteroatoms. The molecular formula is C16H18IN3O3. The highest BCUT2D eigenvalue weighted by atomic mass is 127. The van der Waals surface area contributed by atoms with Crippen molar-refractivity contribution < 1.29 is 14.4 Å². The number of hydrogen-bond donors (Lipinski definition) is 0. The molecule has 1 aromatic rings. The van der Waals surface area contributed by atoms with Crippen LogP contribution in [-0.4, -0.2) is 30.3 Å². The van der Waals surface area contributed by atoms with Crippen molar-refractivity contribution in [3.05, 3.63) is 41.2 Å². The lowest BCUT2D eigenvalue weighted by Gasteiger charge is -2.03. The Bertz CT molecular complexity index is 643. The van der Waals surface area contributed by atoms with E-state index in [0.717, 1.165) is 11.3 Å². The maximum Gasteiger partial charge on any atom is 0.210 e. The summed E-state index contributed by atoms with van der Waals surface area (Å²) in [6.07, 6.45) is 3.01. The minimum absolute atomic E-state index is 0.353. The minimum atomic E-state index is -0.355. The molecule has 0 N–H and O–H groups in total. The first-order chi connectivity index (χ1) is 11.1. The molecule has 0 radical (unpaired) electrons. The van der Waals surface area contributed by atoms with Crippen LogP contribution in [0.2, 0.25) is 0 Å². The number of halogens is 1. The summed E-state index contributed by atoms with van der Waals surface area (Å²) in [6.45, 7) is 3.86. The average molecular weight is 427 g/mol. The Labute approximate surface area is 149 Å². The number of azo groups is 1. The number of hydrogen-bond acceptors (Lipinski definition) is 5. The van der Waals surface area contributed by atoms with Crippen LogP contribution in [-0.2, 0) is 4.84 Å². The van der Waals surface area contributed by atoms with Gasteiger partial charge < -0.3 is 14.8 Å². The van der Waals surface area contributed by atoms with E-state index < -0.39 is 0 Å². The van der Waals surface area contributed by atoms with Crippen molar-refractivity contribution in [2.24, 2.45) is 10.3 Å². The average Bonchev–Trinajstić information content (AvgIpc) is 2.54. The summed E-state index contributed by atoms with van der Waals surface area (Å²) in [5.41, 5.74) is 1.49. The van der Waals surface area contributed by atoms with Gasteiger partial charge in [-0.1, -0.05) is 28.1 Å². The molecule has 0 spiro atoms. The quantitative estimate of drug-likeness (QED) is 0.166. The molecule has 6 nitrogen and oxygen atoms in total. The van der Waals surface area contributed by atoms with Gasteiger partial charge in [0.2, 0.25) is 6.20 Å². The molecule has 0 fully saturated rings. The van der Waals surface area contributed by atoms with Crippen molar-refractivity contribution in [1.29, 1.82) is 0 Å². The summed E-state index contributed by atoms with van der Waals surface area (Å²) in [6, 6.07) is 6.97. The first kappa shape index (κ1) is 19.0. The van der Waals surface area contributed by atoms with E-state index in [1.165, 1.54) is 13.3 Å². The van der Waals surface area contributed by atoms with Crippen LogP contribution in [0.5, 0.6) is 5.75 Å². The lowest BCUT2D eigenvalue weighted by Crippen LogP contribution is -2.13. The molecule has 0 aliphatic carbocycles. The topological polar surface area (TPSA) is 69.2 Å². The van der Waals surface area contributed by atoms with Crippen LogP contribution >= 0.6 is 22.6 Å². The monoisotopic (exact) mass is 427 g/mol. The smallest absolute Gasteiger partial charge is 0.210 e. The van der Waals surface area contributed by atoms with E-state index in [-0.39, 0.29) is 6.04 Å². The summed E-state index contributed by atoms with van der Waals surface area (Å²) < 4.78 is 8.14. The van der Waals surface area contributed by atoms with Gasteiger partial charge in [-0.15, -0.1) is 0 Å². The van der Waals surface area contributed by atoms with E-state index in [1.54, 1.807) is 19.9 Å². The lowest BCUT2D eigenvalue weighted by molar-refractivity contribution is -0.459. The third-order valence-corrected chi connectivity index (χ3v) is 3.16. The number of oxime groups is 1. The summed E-state index contributed by atoms with van der Waals surface area (Å²) in [5.74, 6) is 3.54. The molecule has 0 heterocycles. The Kier molecular flexibility index (Phi) is 8.75. The van der Waals surface area contributed by atoms with Crippen molar-refractivity contribution >= 4 is 34.4 Å². The maximum absolute atomic E-state index is 11.7. The first-order valence-corrected chi connectivity index (χ1v) is 7.89. The van der Waals surface area contributed by atoms with Crippen LogP contribution in [0.3, 0.4) is 0 Å². The highest BCUT2D eigenvalue weighted by Gasteiger charge is 2.08. The highest BCUT2D eigenvalue weighted by molar-refractivity contribution is 14.1. The fourth-order valence-electron chi connectivity index (χ4n) is 1.48. The van der Waals surface area contributed by atoms with Crippen LogP contribution in [0.25, 0.3) is 6.08 Å². The third kappa shape index (κ3) is 7.65. The van der Waals surface area contributed by atoms with Gasteiger partial charge in [0.15, 0.2) is 6.04 Å². The van der Waals surface area contributed by atoms with Crippen LogP contribution in [0, 0.1) is 15.1 Å². The van der Waals surface area contributed by atoms with Crippen LogP contribution < -0.4 is 4.74 Å². The number of benzene rings is 1. The van der Waals surface area contributed by atoms with Crippen molar-refractivity contribution in [3.8, 4) is 15.6 Å². The van der Waals surface area contributed by atoms with Crippen molar-refractivity contribution in [2.75, 3.05) is 13.7 Å². The van der Waals surface area contributed by atoms with E-state index in [9.17, 15) is 5.21 Å². The SMILES string of the molecule is CO/N=C(\C)C(C)N=[N+]([O-])/C=C/c1ccc(OCC#CI)cc1. The zero-order valence-corrected chi connectivity index (χ0v) is 15.4. The highest BCUT2D eigenvalue weighted by Crippen LogP contribution is 2.13. The molecule has 122 valence electrons. The Hall–Kier alpha value is -2.08. The van der Waals surface area contributed by atoms with E-state index >= 15 is 0 Å². The normalized spacial score (nSPS) is 13.4. The summed E-state index contributed by atoms with van der Waals surface area (Å²) in [5, 5.41) is 19.4. The van der Waals surface area contributed by atoms with E-state index in [0.29, 0.717) is 17.2 Å². The van der Waals surface area contributed by atoms with Gasteiger partial charge in [0.05, 0.1) is 5.71 Å². The second-order valence-corrected chi connectivity index (χ2v) is 4.99. The molecular weight excluding hydrogens is 409 g/mol. The zero-order chi connectivity index (χ0) is 17.1. The second-order valence-electron chi connectivity index (χ2n) is 4.45. The predicted octanol–water partition coefficient (Wildman–Crippen LogP) is 3.81. The van der Waals surface area contributed by atoms with Gasteiger partial charge in [0, 0.05) is 28.7 Å². The van der Waals surface area contributed by atoms with Crippen molar-refractivity contribution in [2.45, 2.75) is 19.9 Å². The largest absolute Gasteiger partial charge is 0.595 e. The Morgan fingerprint density at radius 1 is 1.43 bits per heavy atom. The Morgan fingerprint density at radius 3 is 2.74 bits per heavy atom. The van der Waals surface area contributed by atoms with Gasteiger partial charge in [-0.05, 0) is 40.6 Å². The summed E-state index contributed by atoms with van der Waals surface area (Å²) in [4.78, 5) is 5.16. The summed E-state index contributed by atoms with van der Waals surface area (Å²) in [7, 11) is 1.45. The molecule has 0 aliphatic heterocycles. The van der Waals surface area contributed by atoms with Crippen molar-refractivity contribution in [3.63, 3.8) is 0 Å². The standard InChI is InChI=1S/C16H18IN3O3/c1-13(14(2)19-22-3)18-20(21)11-9-15-5-7-16(8-6-15)23-12-4-10-17/h5-9,11,13H,12H2,1-3H3/b11-9+,19-14+,20-18?. The molecule has 0 bridgehead atoms. The van der Waals surface area contributed by atoms with E-state index in [2.05, 4.69) is 25.0 Å². The van der Waals surface area contributed by atoms with E-state index in [1.807, 2.05) is 46.9 Å². The number of ether oxygens (including phenoxy) is 1. The van der Waals surface area contributed by atoms with Gasteiger partial charge >= 0.3 is 0 Å². The van der Waals surface area contributed by atoms with Gasteiger partial charge in [-0.3, -0.25) is 0 Å². The second kappa shape index (κ2) is 10.6. The molecule has 23 heavy (non-hydrogen) atoms. The molecule has 1 unspecified atom stereocenters. The molecule has 0 saturated heterocycles. The Morgan fingerprint density at radius 2 is 2.13 bits per heavy atom. The van der Waals surface area contributed by atoms with Gasteiger partial charge in [0.25, 0.3) is 0 Å². The molecule has 0 aromatic heterocycles. The molecule has 1 atom stereocenters. The fraction of sp³-hybridized carbons (Fsp3) is 0.312. The molecule has 0 saturated carbocycles. The van der Waals surface area contributed by atoms with Crippen LogP contribution in [0.15, 0.2) is 40.7 Å². The minimum Gasteiger partial charge on any atom is -0.595 e. The first-order valence-electron chi connectivity index (χ1n) is 6.81. The molecule has 0 aliphatic rings. The van der Waals surface area contributed by atoms with E-state index in [4.69, 9.17) is 4.74 Å². The van der Waals surface area contributed by atoms with Crippen LogP contribution in [0.4, 0.5) is 0 Å². The zero-order valence-electron chi connectivity index (χ0n) is 13.2. The van der Waals surface area contributed by atoms with Crippen molar-refractivity contribution in [1.82, 2.24) is 0 Å². The predicted molar refractivity (Wildman–Crippen MR) is 98.4 cm³/mol. The maximum atomic E-state index is 11.7. The molecule has 0 amide bonds.